The van der Waals surface area contributed by atoms with Crippen molar-refractivity contribution in [3.63, 3.8) is 0 Å². The number of fused-ring (bicyclic) bond motifs is 2. The number of aliphatic hydroxyl groups excluding tert-OH is 1. The van der Waals surface area contributed by atoms with Crippen LogP contribution in [0.3, 0.4) is 0 Å². The van der Waals surface area contributed by atoms with Crippen molar-refractivity contribution in [2.75, 3.05) is 26.2 Å². The third-order valence-corrected chi connectivity index (χ3v) is 7.36. The molecule has 1 aliphatic heterocycles. The fourth-order valence-corrected chi connectivity index (χ4v) is 5.34. The smallest absolute Gasteiger partial charge is 0.422 e. The first-order valence-corrected chi connectivity index (χ1v) is 13.9. The van der Waals surface area contributed by atoms with E-state index in [9.17, 15) is 23.1 Å². The molecule has 224 valence electrons. The normalized spacial score (nSPS) is 16.8. The SMILES string of the molecule is C=C.Cn1cc2c(C(N)=O)cccc2n1.OC(CN1CCc2ccc(OCC(F)(F)F)nc2CC1)C1CCCCC1. The molecular formula is C30H40F3N5O3. The topological polar surface area (TPSA) is 106 Å². The zero-order chi connectivity index (χ0) is 30.0. The Labute approximate surface area is 239 Å². The number of benzene rings is 1. The lowest BCUT2D eigenvalue weighted by molar-refractivity contribution is -0.154. The van der Waals surface area contributed by atoms with Crippen LogP contribution >= 0.6 is 0 Å². The van der Waals surface area contributed by atoms with Gasteiger partial charge in [-0.25, -0.2) is 4.98 Å². The highest BCUT2D eigenvalue weighted by Gasteiger charge is 2.29. The van der Waals surface area contributed by atoms with Crippen LogP contribution in [-0.4, -0.2) is 69.2 Å². The summed E-state index contributed by atoms with van der Waals surface area (Å²) in [6.07, 6.45) is 4.48. The van der Waals surface area contributed by atoms with Crippen molar-refractivity contribution in [1.82, 2.24) is 19.7 Å². The minimum absolute atomic E-state index is 0.0248. The molecule has 1 aromatic carbocycles. The highest BCUT2D eigenvalue weighted by atomic mass is 19.4. The molecule has 1 aliphatic carbocycles. The minimum atomic E-state index is -4.36. The second-order valence-corrected chi connectivity index (χ2v) is 10.3. The van der Waals surface area contributed by atoms with Gasteiger partial charge < -0.3 is 20.5 Å². The van der Waals surface area contributed by atoms with Crippen molar-refractivity contribution in [2.45, 2.75) is 57.2 Å². The van der Waals surface area contributed by atoms with Gasteiger partial charge in [0.25, 0.3) is 0 Å². The second-order valence-electron chi connectivity index (χ2n) is 10.3. The van der Waals surface area contributed by atoms with Crippen molar-refractivity contribution in [3.05, 3.63) is 66.5 Å². The average molecular weight is 576 g/mol. The predicted octanol–water partition coefficient (Wildman–Crippen LogP) is 4.84. The standard InChI is InChI=1S/C19H27F3N2O2.C9H9N3O.C2H4/c20-19(21,22)13-26-18-7-6-14-8-10-24(11-9-16(14)23-18)12-17(25)15-4-2-1-3-5-15;1-12-5-7-6(9(10)13)3-2-4-8(7)11-12;1-2/h6-7,15,17,25H,1-5,8-13H2;2-5H,1H3,(H2,10,13);1-2H2. The zero-order valence-corrected chi connectivity index (χ0v) is 23.6. The molecule has 1 atom stereocenters. The Kier molecular flexibility index (Phi) is 11.7. The molecule has 1 unspecified atom stereocenters. The van der Waals surface area contributed by atoms with Crippen molar-refractivity contribution >= 4 is 16.8 Å². The molecular weight excluding hydrogens is 535 g/mol. The van der Waals surface area contributed by atoms with Gasteiger partial charge in [0, 0.05) is 56.4 Å². The summed E-state index contributed by atoms with van der Waals surface area (Å²) in [6.45, 7) is 6.93. The van der Waals surface area contributed by atoms with Crippen LogP contribution in [0.2, 0.25) is 0 Å². The summed E-state index contributed by atoms with van der Waals surface area (Å²) >= 11 is 0. The molecule has 41 heavy (non-hydrogen) atoms. The number of amides is 1. The van der Waals surface area contributed by atoms with E-state index in [-0.39, 0.29) is 12.0 Å². The van der Waals surface area contributed by atoms with Crippen molar-refractivity contribution in [2.24, 2.45) is 18.7 Å². The number of hydrogen-bond acceptors (Lipinski definition) is 6. The second kappa shape index (κ2) is 15.0. The molecule has 3 aromatic rings. The van der Waals surface area contributed by atoms with Crippen LogP contribution in [0.1, 0.15) is 53.7 Å². The van der Waals surface area contributed by atoms with Gasteiger partial charge in [-0.15, -0.1) is 13.2 Å². The number of carbonyl (C=O) groups excluding carboxylic acids is 1. The Bertz CT molecular complexity index is 1270. The molecule has 11 heteroatoms. The van der Waals surface area contributed by atoms with E-state index in [1.807, 2.05) is 19.2 Å². The highest BCUT2D eigenvalue weighted by molar-refractivity contribution is 6.05. The number of β-amino-alcohol motifs (C(OH)–C–C–N with tert-alkyl or cyclic N) is 1. The number of nitrogens with two attached hydrogens (primary N) is 1. The fraction of sp³-hybridized carbons (Fsp3) is 0.500. The number of ether oxygens (including phenoxy) is 1. The van der Waals surface area contributed by atoms with E-state index in [0.717, 1.165) is 54.5 Å². The molecule has 1 saturated carbocycles. The van der Waals surface area contributed by atoms with Gasteiger partial charge >= 0.3 is 6.18 Å². The predicted molar refractivity (Wildman–Crippen MR) is 153 cm³/mol. The summed E-state index contributed by atoms with van der Waals surface area (Å²) in [5.74, 6) is 0.00485. The van der Waals surface area contributed by atoms with Crippen molar-refractivity contribution in [3.8, 4) is 5.88 Å². The number of halogens is 3. The van der Waals surface area contributed by atoms with Gasteiger partial charge in [0.1, 0.15) is 0 Å². The largest absolute Gasteiger partial charge is 0.468 e. The summed E-state index contributed by atoms with van der Waals surface area (Å²) < 4.78 is 43.3. The Morgan fingerprint density at radius 3 is 2.54 bits per heavy atom. The van der Waals surface area contributed by atoms with E-state index in [2.05, 4.69) is 28.1 Å². The number of carbonyl (C=O) groups is 1. The highest BCUT2D eigenvalue weighted by Crippen LogP contribution is 2.27. The third-order valence-electron chi connectivity index (χ3n) is 7.36. The molecule has 0 bridgehead atoms. The van der Waals surface area contributed by atoms with Gasteiger partial charge in [-0.3, -0.25) is 9.48 Å². The Balaban J connectivity index is 0.000000257. The molecule has 1 amide bonds. The van der Waals surface area contributed by atoms with Crippen LogP contribution in [0, 0.1) is 5.92 Å². The van der Waals surface area contributed by atoms with Crippen molar-refractivity contribution in [1.29, 1.82) is 0 Å². The number of aromatic nitrogens is 3. The van der Waals surface area contributed by atoms with E-state index in [4.69, 9.17) is 10.5 Å². The molecule has 3 N–H and O–H groups in total. The molecule has 8 nitrogen and oxygen atoms in total. The lowest BCUT2D eigenvalue weighted by Gasteiger charge is -2.30. The van der Waals surface area contributed by atoms with Gasteiger partial charge in [-0.1, -0.05) is 31.4 Å². The van der Waals surface area contributed by atoms with E-state index >= 15 is 0 Å². The maximum absolute atomic E-state index is 12.3. The van der Waals surface area contributed by atoms with Crippen molar-refractivity contribution < 1.29 is 27.8 Å². The number of aliphatic hydroxyl groups is 1. The molecule has 2 aromatic heterocycles. The Morgan fingerprint density at radius 1 is 1.15 bits per heavy atom. The van der Waals surface area contributed by atoms with E-state index in [0.29, 0.717) is 24.4 Å². The first-order chi connectivity index (χ1) is 19.6. The third kappa shape index (κ3) is 9.57. The summed E-state index contributed by atoms with van der Waals surface area (Å²) in [7, 11) is 1.81. The quantitative estimate of drug-likeness (QED) is 0.408. The summed E-state index contributed by atoms with van der Waals surface area (Å²) in [5.41, 5.74) is 8.38. The Morgan fingerprint density at radius 2 is 1.85 bits per heavy atom. The van der Waals surface area contributed by atoms with Gasteiger partial charge in [0.15, 0.2) is 6.61 Å². The number of rotatable bonds is 6. The first kappa shape index (κ1) is 32.1. The first-order valence-electron chi connectivity index (χ1n) is 13.9. The lowest BCUT2D eigenvalue weighted by atomic mass is 9.85. The number of aryl methyl sites for hydroxylation is 1. The number of alkyl halides is 3. The van der Waals surface area contributed by atoms with Crippen LogP contribution in [0.5, 0.6) is 5.88 Å². The average Bonchev–Trinajstić information content (AvgIpc) is 3.23. The maximum Gasteiger partial charge on any atom is 0.422 e. The number of hydrogen-bond donors (Lipinski definition) is 2. The molecule has 0 radical (unpaired) electrons. The Hall–Kier alpha value is -3.44. The van der Waals surface area contributed by atoms with E-state index in [1.54, 1.807) is 23.0 Å². The molecule has 1 fully saturated rings. The maximum atomic E-state index is 12.3. The van der Waals surface area contributed by atoms with E-state index < -0.39 is 18.7 Å². The van der Waals surface area contributed by atoms with Crippen LogP contribution < -0.4 is 10.5 Å². The molecule has 2 aliphatic rings. The number of pyridine rings is 1. The monoisotopic (exact) mass is 575 g/mol. The summed E-state index contributed by atoms with van der Waals surface area (Å²) in [6, 6.07) is 8.65. The van der Waals surface area contributed by atoms with E-state index in [1.165, 1.54) is 25.3 Å². The molecule has 5 rings (SSSR count). The number of primary amides is 1. The fourth-order valence-electron chi connectivity index (χ4n) is 5.34. The minimum Gasteiger partial charge on any atom is -0.468 e. The molecule has 0 saturated heterocycles. The summed E-state index contributed by atoms with van der Waals surface area (Å²) in [5, 5.41) is 15.5. The van der Waals surface area contributed by atoms with Gasteiger partial charge in [0.05, 0.1) is 17.2 Å². The molecule has 0 spiro atoms. The van der Waals surface area contributed by atoms with Crippen LogP contribution in [0.15, 0.2) is 49.7 Å². The van der Waals surface area contributed by atoms with Gasteiger partial charge in [-0.05, 0) is 42.9 Å². The zero-order valence-electron chi connectivity index (χ0n) is 23.6. The van der Waals surface area contributed by atoms with Crippen LogP contribution in [0.25, 0.3) is 10.9 Å². The van der Waals surface area contributed by atoms with Gasteiger partial charge in [-0.2, -0.15) is 18.3 Å². The summed E-state index contributed by atoms with van der Waals surface area (Å²) in [4.78, 5) is 17.5. The number of nitrogens with zero attached hydrogens (tertiary/aromatic N) is 4. The lowest BCUT2D eigenvalue weighted by Crippen LogP contribution is -2.38. The molecule has 3 heterocycles. The van der Waals surface area contributed by atoms with Crippen LogP contribution in [0.4, 0.5) is 13.2 Å². The van der Waals surface area contributed by atoms with Gasteiger partial charge in [0.2, 0.25) is 11.8 Å². The van der Waals surface area contributed by atoms with Crippen LogP contribution in [-0.2, 0) is 19.9 Å².